The summed E-state index contributed by atoms with van der Waals surface area (Å²) in [6.07, 6.45) is 0. The number of nitrogens with zero attached hydrogens (tertiary/aromatic N) is 4. The van der Waals surface area contributed by atoms with E-state index in [4.69, 9.17) is 9.47 Å². The molecule has 8 nitrogen and oxygen atoms in total. The normalized spacial score (nSPS) is 10.7. The Balaban J connectivity index is 0.000000300. The quantitative estimate of drug-likeness (QED) is 0.604. The molecule has 168 valence electrons. The number of aromatic nitrogens is 4. The van der Waals surface area contributed by atoms with Crippen LogP contribution in [-0.2, 0) is 32.2 Å². The molecule has 0 N–H and O–H groups in total. The van der Waals surface area contributed by atoms with Crippen LogP contribution in [0.3, 0.4) is 0 Å². The van der Waals surface area contributed by atoms with Gasteiger partial charge in [0.25, 0.3) is 0 Å². The van der Waals surface area contributed by atoms with E-state index in [1.807, 2.05) is 26.0 Å². The molecule has 2 aromatic heterocycles. The Morgan fingerprint density at radius 2 is 1.40 bits per heavy atom. The van der Waals surface area contributed by atoms with Crippen LogP contribution >= 0.6 is 0 Å². The standard InChI is InChI=1S/2C11H18N2O2/c1-5-15-11(14)7-13-9(4)6-10(12-13)8(2)3;1-5-15-11(14)7-13-10(8(2)3)6-9(4)12-13/h2*6,8H,5,7H2,1-4H3. The fourth-order valence-electron chi connectivity index (χ4n) is 2.79. The van der Waals surface area contributed by atoms with Gasteiger partial charge in [-0.05, 0) is 51.7 Å². The van der Waals surface area contributed by atoms with Crippen LogP contribution in [0.4, 0.5) is 0 Å². The lowest BCUT2D eigenvalue weighted by Crippen LogP contribution is -2.17. The van der Waals surface area contributed by atoms with Gasteiger partial charge in [0.05, 0.1) is 24.6 Å². The first-order valence-electron chi connectivity index (χ1n) is 10.5. The molecule has 2 aromatic rings. The van der Waals surface area contributed by atoms with Crippen LogP contribution < -0.4 is 0 Å². The Morgan fingerprint density at radius 1 is 0.867 bits per heavy atom. The Kier molecular flexibility index (Phi) is 10.3. The van der Waals surface area contributed by atoms with Gasteiger partial charge in [0.1, 0.15) is 13.1 Å². The van der Waals surface area contributed by atoms with Crippen LogP contribution in [0.5, 0.6) is 0 Å². The molecule has 30 heavy (non-hydrogen) atoms. The Bertz CT molecular complexity index is 821. The molecular formula is C22H36N4O4. The first kappa shape index (κ1) is 25.4. The van der Waals surface area contributed by atoms with Crippen LogP contribution in [0.15, 0.2) is 12.1 Å². The van der Waals surface area contributed by atoms with Gasteiger partial charge < -0.3 is 9.47 Å². The van der Waals surface area contributed by atoms with Gasteiger partial charge in [-0.15, -0.1) is 0 Å². The van der Waals surface area contributed by atoms with Gasteiger partial charge in [-0.1, -0.05) is 27.7 Å². The van der Waals surface area contributed by atoms with Gasteiger partial charge in [-0.25, -0.2) is 0 Å². The second-order valence-corrected chi connectivity index (χ2v) is 7.66. The zero-order valence-electron chi connectivity index (χ0n) is 19.6. The third-order valence-electron chi connectivity index (χ3n) is 4.28. The minimum Gasteiger partial charge on any atom is -0.465 e. The maximum absolute atomic E-state index is 11.3. The van der Waals surface area contributed by atoms with E-state index in [1.54, 1.807) is 23.2 Å². The van der Waals surface area contributed by atoms with Crippen LogP contribution in [0, 0.1) is 13.8 Å². The lowest BCUT2D eigenvalue weighted by Gasteiger charge is -2.09. The Labute approximate surface area is 179 Å². The van der Waals surface area contributed by atoms with E-state index in [-0.39, 0.29) is 25.0 Å². The Morgan fingerprint density at radius 3 is 1.83 bits per heavy atom. The fourth-order valence-corrected chi connectivity index (χ4v) is 2.79. The number of ether oxygens (including phenoxy) is 2. The van der Waals surface area contributed by atoms with Gasteiger partial charge >= 0.3 is 11.9 Å². The average molecular weight is 421 g/mol. The molecule has 0 amide bonds. The third-order valence-corrected chi connectivity index (χ3v) is 4.28. The number of aryl methyl sites for hydroxylation is 2. The van der Waals surface area contributed by atoms with E-state index < -0.39 is 0 Å². The SMILES string of the molecule is CCOC(=O)Cn1nc(C(C)C)cc1C.CCOC(=O)Cn1nc(C)cc1C(C)C. The molecular weight excluding hydrogens is 384 g/mol. The summed E-state index contributed by atoms with van der Waals surface area (Å²) in [6, 6.07) is 4.01. The molecule has 0 unspecified atom stereocenters. The molecule has 0 aromatic carbocycles. The molecule has 0 saturated carbocycles. The highest BCUT2D eigenvalue weighted by Crippen LogP contribution is 2.15. The molecule has 0 aliphatic rings. The van der Waals surface area contributed by atoms with E-state index in [1.165, 1.54) is 0 Å². The highest BCUT2D eigenvalue weighted by atomic mass is 16.5. The molecule has 0 radical (unpaired) electrons. The van der Waals surface area contributed by atoms with E-state index in [9.17, 15) is 9.59 Å². The number of esters is 2. The summed E-state index contributed by atoms with van der Waals surface area (Å²) in [6.45, 7) is 17.0. The van der Waals surface area contributed by atoms with Crippen LogP contribution in [0.2, 0.25) is 0 Å². The Hall–Kier alpha value is -2.64. The summed E-state index contributed by atoms with van der Waals surface area (Å²) in [7, 11) is 0. The maximum Gasteiger partial charge on any atom is 0.327 e. The van der Waals surface area contributed by atoms with Crippen molar-refractivity contribution in [3.8, 4) is 0 Å². The van der Waals surface area contributed by atoms with Crippen molar-refractivity contribution in [1.82, 2.24) is 19.6 Å². The molecule has 0 saturated heterocycles. The van der Waals surface area contributed by atoms with E-state index in [0.717, 1.165) is 22.8 Å². The summed E-state index contributed by atoms with van der Waals surface area (Å²) in [4.78, 5) is 22.6. The second kappa shape index (κ2) is 12.1. The summed E-state index contributed by atoms with van der Waals surface area (Å²) < 4.78 is 13.2. The lowest BCUT2D eigenvalue weighted by atomic mass is 10.1. The molecule has 0 spiro atoms. The van der Waals surface area contributed by atoms with Gasteiger partial charge in [0.15, 0.2) is 0 Å². The van der Waals surface area contributed by atoms with E-state index in [2.05, 4.69) is 37.9 Å². The lowest BCUT2D eigenvalue weighted by molar-refractivity contribution is -0.145. The molecule has 0 fully saturated rings. The average Bonchev–Trinajstić information content (AvgIpc) is 3.19. The van der Waals surface area contributed by atoms with Crippen molar-refractivity contribution in [2.45, 2.75) is 80.3 Å². The topological polar surface area (TPSA) is 88.2 Å². The first-order chi connectivity index (χ1) is 14.1. The summed E-state index contributed by atoms with van der Waals surface area (Å²) >= 11 is 0. The number of hydrogen-bond acceptors (Lipinski definition) is 6. The van der Waals surface area contributed by atoms with E-state index in [0.29, 0.717) is 25.0 Å². The second-order valence-electron chi connectivity index (χ2n) is 7.66. The minimum atomic E-state index is -0.237. The van der Waals surface area contributed by atoms with Gasteiger partial charge in [-0.2, -0.15) is 10.2 Å². The van der Waals surface area contributed by atoms with Crippen LogP contribution in [0.25, 0.3) is 0 Å². The van der Waals surface area contributed by atoms with Crippen molar-refractivity contribution in [1.29, 1.82) is 0 Å². The van der Waals surface area contributed by atoms with Crippen molar-refractivity contribution in [2.24, 2.45) is 0 Å². The van der Waals surface area contributed by atoms with Crippen molar-refractivity contribution < 1.29 is 19.1 Å². The largest absolute Gasteiger partial charge is 0.465 e. The number of carbonyl (C=O) groups excluding carboxylic acids is 2. The first-order valence-corrected chi connectivity index (χ1v) is 10.5. The molecule has 2 rings (SSSR count). The molecule has 0 bridgehead atoms. The number of hydrogen-bond donors (Lipinski definition) is 0. The highest BCUT2D eigenvalue weighted by Gasteiger charge is 2.13. The number of rotatable bonds is 8. The molecule has 0 atom stereocenters. The summed E-state index contributed by atoms with van der Waals surface area (Å²) in [5.41, 5.74) is 4.01. The van der Waals surface area contributed by atoms with Crippen molar-refractivity contribution in [3.63, 3.8) is 0 Å². The number of carbonyl (C=O) groups is 2. The fraction of sp³-hybridized carbons (Fsp3) is 0.636. The molecule has 8 heteroatoms. The van der Waals surface area contributed by atoms with Gasteiger partial charge in [0.2, 0.25) is 0 Å². The summed E-state index contributed by atoms with van der Waals surface area (Å²) in [5.74, 6) is 0.272. The van der Waals surface area contributed by atoms with Gasteiger partial charge in [-0.3, -0.25) is 19.0 Å². The monoisotopic (exact) mass is 420 g/mol. The highest BCUT2D eigenvalue weighted by molar-refractivity contribution is 5.69. The molecule has 2 heterocycles. The predicted molar refractivity (Wildman–Crippen MR) is 115 cm³/mol. The zero-order valence-corrected chi connectivity index (χ0v) is 19.6. The molecule has 0 aliphatic heterocycles. The van der Waals surface area contributed by atoms with Crippen molar-refractivity contribution in [2.75, 3.05) is 13.2 Å². The molecule has 0 aliphatic carbocycles. The van der Waals surface area contributed by atoms with Crippen LogP contribution in [-0.4, -0.2) is 44.7 Å². The smallest absolute Gasteiger partial charge is 0.327 e. The third kappa shape index (κ3) is 8.00. The minimum absolute atomic E-state index is 0.201. The van der Waals surface area contributed by atoms with Crippen molar-refractivity contribution >= 4 is 11.9 Å². The summed E-state index contributed by atoms with van der Waals surface area (Å²) in [5, 5.41) is 8.62. The van der Waals surface area contributed by atoms with E-state index >= 15 is 0 Å². The predicted octanol–water partition coefficient (Wildman–Crippen LogP) is 3.76. The van der Waals surface area contributed by atoms with Gasteiger partial charge in [0, 0.05) is 11.4 Å². The van der Waals surface area contributed by atoms with Crippen LogP contribution in [0.1, 0.15) is 76.2 Å². The zero-order chi connectivity index (χ0) is 22.8. The van der Waals surface area contributed by atoms with Crippen molar-refractivity contribution in [3.05, 3.63) is 34.9 Å². The maximum atomic E-state index is 11.3.